The number of hydrogen-bond acceptors (Lipinski definition) is 6. The van der Waals surface area contributed by atoms with Crippen LogP contribution >= 0.6 is 11.8 Å². The molecule has 164 valence electrons. The number of aromatic nitrogens is 4. The van der Waals surface area contributed by atoms with E-state index in [9.17, 15) is 14.0 Å². The Hall–Kier alpha value is -3.14. The molecule has 0 saturated carbocycles. The van der Waals surface area contributed by atoms with E-state index < -0.39 is 0 Å². The smallest absolute Gasteiger partial charge is 0.316 e. The third kappa shape index (κ3) is 5.32. The first-order valence-corrected chi connectivity index (χ1v) is 10.7. The quantitative estimate of drug-likeness (QED) is 0.392. The lowest BCUT2D eigenvalue weighted by molar-refractivity contribution is -0.139. The van der Waals surface area contributed by atoms with Crippen molar-refractivity contribution < 1.29 is 18.7 Å². The number of rotatable bonds is 8. The second-order valence-electron chi connectivity index (χ2n) is 6.91. The van der Waals surface area contributed by atoms with Crippen LogP contribution in [0.4, 0.5) is 4.39 Å². The minimum atomic E-state index is -0.387. The van der Waals surface area contributed by atoms with Crippen LogP contribution in [0, 0.1) is 12.7 Å². The zero-order chi connectivity index (χ0) is 22.5. The minimum absolute atomic E-state index is 0.0460. The molecule has 3 rings (SSSR count). The molecule has 0 saturated heterocycles. The van der Waals surface area contributed by atoms with Crippen LogP contribution in [0.1, 0.15) is 28.7 Å². The number of benzene rings is 1. The second-order valence-corrected chi connectivity index (χ2v) is 7.85. The van der Waals surface area contributed by atoms with Crippen LogP contribution in [0.25, 0.3) is 5.69 Å². The zero-order valence-electron chi connectivity index (χ0n) is 17.8. The van der Waals surface area contributed by atoms with E-state index in [4.69, 9.17) is 4.74 Å². The van der Waals surface area contributed by atoms with Crippen molar-refractivity contribution in [2.24, 2.45) is 7.05 Å². The molecule has 1 amide bonds. The SMILES string of the molecule is CCOC(=O)CSc1ncc(C(=O)N(C)Cc2cn(C)nc2C)n1-c1ccc(F)cc1. The predicted octanol–water partition coefficient (Wildman–Crippen LogP) is 2.98. The van der Waals surface area contributed by atoms with E-state index in [1.54, 1.807) is 40.3 Å². The highest BCUT2D eigenvalue weighted by atomic mass is 32.2. The summed E-state index contributed by atoms with van der Waals surface area (Å²) in [6.07, 6.45) is 3.34. The van der Waals surface area contributed by atoms with Gasteiger partial charge in [-0.2, -0.15) is 5.10 Å². The third-order valence-corrected chi connectivity index (χ3v) is 5.45. The summed E-state index contributed by atoms with van der Waals surface area (Å²) in [6, 6.07) is 5.75. The summed E-state index contributed by atoms with van der Waals surface area (Å²) < 4.78 is 21.8. The monoisotopic (exact) mass is 445 g/mol. The van der Waals surface area contributed by atoms with Gasteiger partial charge in [0.15, 0.2) is 5.16 Å². The summed E-state index contributed by atoms with van der Waals surface area (Å²) in [5, 5.41) is 4.75. The Morgan fingerprint density at radius 2 is 1.97 bits per heavy atom. The van der Waals surface area contributed by atoms with Crippen molar-refractivity contribution in [3.05, 3.63) is 59.4 Å². The number of amides is 1. The molecular formula is C21H24FN5O3S. The number of carbonyl (C=O) groups is 2. The van der Waals surface area contributed by atoms with Gasteiger partial charge in [0.05, 0.1) is 24.3 Å². The average Bonchev–Trinajstić information content (AvgIpc) is 3.29. The van der Waals surface area contributed by atoms with E-state index in [0.29, 0.717) is 23.1 Å². The van der Waals surface area contributed by atoms with Gasteiger partial charge in [-0.15, -0.1) is 0 Å². The fourth-order valence-electron chi connectivity index (χ4n) is 3.08. The van der Waals surface area contributed by atoms with Gasteiger partial charge in [0.2, 0.25) is 0 Å². The maximum absolute atomic E-state index is 13.5. The Kier molecular flexibility index (Phi) is 7.11. The number of imidazole rings is 1. The standard InChI is InChI=1S/C21H24FN5O3S/c1-5-30-19(28)13-31-21-23-10-18(27(21)17-8-6-16(22)7-9-17)20(29)25(3)11-15-12-26(4)24-14(15)2/h6-10,12H,5,11,13H2,1-4H3. The lowest BCUT2D eigenvalue weighted by Gasteiger charge is -2.18. The number of esters is 1. The Morgan fingerprint density at radius 3 is 2.58 bits per heavy atom. The highest BCUT2D eigenvalue weighted by molar-refractivity contribution is 7.99. The topological polar surface area (TPSA) is 82.2 Å². The molecule has 0 unspecified atom stereocenters. The van der Waals surface area contributed by atoms with E-state index in [1.807, 2.05) is 20.2 Å². The zero-order valence-corrected chi connectivity index (χ0v) is 18.6. The van der Waals surface area contributed by atoms with Crippen LogP contribution < -0.4 is 0 Å². The Bertz CT molecular complexity index is 1080. The van der Waals surface area contributed by atoms with Crippen LogP contribution in [0.3, 0.4) is 0 Å². The van der Waals surface area contributed by atoms with Gasteiger partial charge in [-0.25, -0.2) is 9.37 Å². The maximum Gasteiger partial charge on any atom is 0.316 e. The van der Waals surface area contributed by atoms with Gasteiger partial charge in [0.25, 0.3) is 5.91 Å². The van der Waals surface area contributed by atoms with E-state index in [-0.39, 0.29) is 30.1 Å². The van der Waals surface area contributed by atoms with Gasteiger partial charge in [-0.05, 0) is 38.1 Å². The lowest BCUT2D eigenvalue weighted by Crippen LogP contribution is -2.28. The van der Waals surface area contributed by atoms with Crippen molar-refractivity contribution in [1.82, 2.24) is 24.2 Å². The summed E-state index contributed by atoms with van der Waals surface area (Å²) in [6.45, 7) is 4.28. The van der Waals surface area contributed by atoms with Crippen molar-refractivity contribution in [3.8, 4) is 5.69 Å². The molecule has 10 heteroatoms. The number of nitrogens with zero attached hydrogens (tertiary/aromatic N) is 5. The fraction of sp³-hybridized carbons (Fsp3) is 0.333. The van der Waals surface area contributed by atoms with Crippen LogP contribution in [-0.2, 0) is 23.1 Å². The molecule has 0 bridgehead atoms. The van der Waals surface area contributed by atoms with Crippen molar-refractivity contribution in [3.63, 3.8) is 0 Å². The van der Waals surface area contributed by atoms with Gasteiger partial charge < -0.3 is 9.64 Å². The fourth-order valence-corrected chi connectivity index (χ4v) is 3.87. The molecule has 0 fully saturated rings. The summed E-state index contributed by atoms with van der Waals surface area (Å²) in [7, 11) is 3.52. The molecule has 0 aliphatic carbocycles. The third-order valence-electron chi connectivity index (χ3n) is 4.53. The van der Waals surface area contributed by atoms with Gasteiger partial charge in [-0.3, -0.25) is 18.8 Å². The first-order chi connectivity index (χ1) is 14.8. The molecule has 0 atom stereocenters. The molecule has 0 radical (unpaired) electrons. The van der Waals surface area contributed by atoms with Gasteiger partial charge >= 0.3 is 5.97 Å². The molecule has 31 heavy (non-hydrogen) atoms. The lowest BCUT2D eigenvalue weighted by atomic mass is 10.2. The van der Waals surface area contributed by atoms with Gasteiger partial charge in [0.1, 0.15) is 11.5 Å². The molecule has 0 spiro atoms. The van der Waals surface area contributed by atoms with Crippen molar-refractivity contribution in [2.75, 3.05) is 19.4 Å². The average molecular weight is 446 g/mol. The van der Waals surface area contributed by atoms with Gasteiger partial charge in [0, 0.05) is 38.1 Å². The summed E-state index contributed by atoms with van der Waals surface area (Å²) in [4.78, 5) is 30.9. The number of ether oxygens (including phenoxy) is 1. The number of aryl methyl sites for hydroxylation is 2. The summed E-state index contributed by atoms with van der Waals surface area (Å²) in [5.74, 6) is -0.979. The molecule has 2 aromatic heterocycles. The predicted molar refractivity (Wildman–Crippen MR) is 115 cm³/mol. The second kappa shape index (κ2) is 9.78. The first kappa shape index (κ1) is 22.5. The normalized spacial score (nSPS) is 10.9. The summed E-state index contributed by atoms with van der Waals surface area (Å²) in [5.41, 5.74) is 2.66. The number of halogens is 1. The van der Waals surface area contributed by atoms with E-state index >= 15 is 0 Å². The molecule has 0 aliphatic heterocycles. The Labute approximate surface area is 184 Å². The minimum Gasteiger partial charge on any atom is -0.465 e. The Morgan fingerprint density at radius 1 is 1.26 bits per heavy atom. The summed E-state index contributed by atoms with van der Waals surface area (Å²) >= 11 is 1.15. The highest BCUT2D eigenvalue weighted by Gasteiger charge is 2.23. The van der Waals surface area contributed by atoms with Crippen LogP contribution in [0.15, 0.2) is 41.8 Å². The Balaban J connectivity index is 1.91. The molecular weight excluding hydrogens is 421 g/mol. The van der Waals surface area contributed by atoms with E-state index in [1.165, 1.54) is 18.3 Å². The number of thioether (sulfide) groups is 1. The molecule has 2 heterocycles. The van der Waals surface area contributed by atoms with E-state index in [0.717, 1.165) is 23.0 Å². The van der Waals surface area contributed by atoms with Gasteiger partial charge in [-0.1, -0.05) is 11.8 Å². The van der Waals surface area contributed by atoms with Crippen LogP contribution in [-0.4, -0.2) is 55.5 Å². The molecule has 1 aromatic carbocycles. The number of hydrogen-bond donors (Lipinski definition) is 0. The van der Waals surface area contributed by atoms with E-state index in [2.05, 4.69) is 10.1 Å². The molecule has 8 nitrogen and oxygen atoms in total. The van der Waals surface area contributed by atoms with Crippen molar-refractivity contribution in [2.45, 2.75) is 25.5 Å². The van der Waals surface area contributed by atoms with Crippen molar-refractivity contribution in [1.29, 1.82) is 0 Å². The first-order valence-electron chi connectivity index (χ1n) is 9.66. The molecule has 0 N–H and O–H groups in total. The van der Waals surface area contributed by atoms with Crippen molar-refractivity contribution >= 4 is 23.6 Å². The largest absolute Gasteiger partial charge is 0.465 e. The van der Waals surface area contributed by atoms with Crippen LogP contribution in [0.2, 0.25) is 0 Å². The maximum atomic E-state index is 13.5. The highest BCUT2D eigenvalue weighted by Crippen LogP contribution is 2.25. The van der Waals surface area contributed by atoms with Crippen LogP contribution in [0.5, 0.6) is 0 Å². The number of carbonyl (C=O) groups excluding carboxylic acids is 2. The molecule has 3 aromatic rings. The molecule has 0 aliphatic rings.